The first-order chi connectivity index (χ1) is 10.9. The highest BCUT2D eigenvalue weighted by Crippen LogP contribution is 2.16. The Bertz CT molecular complexity index is 685. The summed E-state index contributed by atoms with van der Waals surface area (Å²) in [5.41, 5.74) is 3.43. The summed E-state index contributed by atoms with van der Waals surface area (Å²) in [6.07, 6.45) is 0.368. The molecule has 2 aromatic carbocycles. The lowest BCUT2D eigenvalue weighted by molar-refractivity contribution is -0.121. The molecule has 0 heterocycles. The van der Waals surface area contributed by atoms with Crippen molar-refractivity contribution in [3.8, 4) is 5.75 Å². The van der Waals surface area contributed by atoms with Crippen molar-refractivity contribution in [3.63, 3.8) is 0 Å². The van der Waals surface area contributed by atoms with Gasteiger partial charge in [-0.25, -0.2) is 0 Å². The second kappa shape index (κ2) is 8.16. The monoisotopic (exact) mass is 375 g/mol. The Morgan fingerprint density at radius 2 is 1.96 bits per heavy atom. The number of ether oxygens (including phenoxy) is 1. The highest BCUT2D eigenvalue weighted by atomic mass is 79.9. The van der Waals surface area contributed by atoms with E-state index < -0.39 is 0 Å². The average Bonchev–Trinajstić information content (AvgIpc) is 2.48. The fourth-order valence-electron chi connectivity index (χ4n) is 2.22. The maximum Gasteiger partial charge on any atom is 0.224 e. The molecule has 0 aliphatic rings. The molecule has 0 bridgehead atoms. The number of hydrogen-bond acceptors (Lipinski definition) is 2. The molecule has 1 amide bonds. The van der Waals surface area contributed by atoms with Gasteiger partial charge in [0.25, 0.3) is 0 Å². The predicted octanol–water partition coefficient (Wildman–Crippen LogP) is 4.19. The molecule has 0 unspecified atom stereocenters. The van der Waals surface area contributed by atoms with Crippen LogP contribution in [0, 0.1) is 13.8 Å². The van der Waals surface area contributed by atoms with E-state index in [9.17, 15) is 4.79 Å². The number of rotatable bonds is 6. The molecule has 0 saturated heterocycles. The molecule has 2 aromatic rings. The normalized spacial score (nSPS) is 11.8. The van der Waals surface area contributed by atoms with Gasteiger partial charge in [-0.15, -0.1) is 0 Å². The number of amides is 1. The average molecular weight is 376 g/mol. The Balaban J connectivity index is 1.80. The predicted molar refractivity (Wildman–Crippen MR) is 96.9 cm³/mol. The van der Waals surface area contributed by atoms with Crippen LogP contribution in [0.5, 0.6) is 5.75 Å². The minimum Gasteiger partial charge on any atom is -0.491 e. The van der Waals surface area contributed by atoms with Gasteiger partial charge in [0.2, 0.25) is 5.91 Å². The van der Waals surface area contributed by atoms with Crippen LogP contribution in [-0.2, 0) is 11.2 Å². The van der Waals surface area contributed by atoms with Crippen molar-refractivity contribution in [1.29, 1.82) is 0 Å². The SMILES string of the molecule is Cc1ccc(OC[C@@H](C)NC(=O)Cc2cccc(Br)c2)cc1C. The van der Waals surface area contributed by atoms with E-state index in [0.717, 1.165) is 15.8 Å². The maximum absolute atomic E-state index is 12.1. The third kappa shape index (κ3) is 5.71. The van der Waals surface area contributed by atoms with Crippen LogP contribution in [0.25, 0.3) is 0 Å². The third-order valence-electron chi connectivity index (χ3n) is 3.64. The molecule has 0 aromatic heterocycles. The summed E-state index contributed by atoms with van der Waals surface area (Å²) in [5.74, 6) is 0.834. The molecule has 0 fully saturated rings. The molecule has 2 rings (SSSR count). The van der Waals surface area contributed by atoms with Crippen LogP contribution in [0.15, 0.2) is 46.9 Å². The van der Waals surface area contributed by atoms with Crippen molar-refractivity contribution in [3.05, 3.63) is 63.6 Å². The van der Waals surface area contributed by atoms with Crippen LogP contribution < -0.4 is 10.1 Å². The number of hydrogen-bond donors (Lipinski definition) is 1. The van der Waals surface area contributed by atoms with Crippen molar-refractivity contribution < 1.29 is 9.53 Å². The molecule has 0 aliphatic heterocycles. The van der Waals surface area contributed by atoms with Crippen LogP contribution >= 0.6 is 15.9 Å². The van der Waals surface area contributed by atoms with Gasteiger partial charge in [-0.3, -0.25) is 4.79 Å². The van der Waals surface area contributed by atoms with Crippen molar-refractivity contribution in [1.82, 2.24) is 5.32 Å². The largest absolute Gasteiger partial charge is 0.491 e. The Labute approximate surface area is 146 Å². The van der Waals surface area contributed by atoms with E-state index in [-0.39, 0.29) is 11.9 Å². The van der Waals surface area contributed by atoms with Crippen molar-refractivity contribution in [2.75, 3.05) is 6.61 Å². The van der Waals surface area contributed by atoms with Crippen LogP contribution in [0.4, 0.5) is 0 Å². The summed E-state index contributed by atoms with van der Waals surface area (Å²) in [4.78, 5) is 12.1. The molecule has 4 heteroatoms. The lowest BCUT2D eigenvalue weighted by atomic mass is 10.1. The minimum atomic E-state index is -0.0451. The molecule has 0 saturated carbocycles. The molecule has 0 radical (unpaired) electrons. The summed E-state index contributed by atoms with van der Waals surface area (Å²) in [6, 6.07) is 13.7. The smallest absolute Gasteiger partial charge is 0.224 e. The van der Waals surface area contributed by atoms with E-state index in [1.165, 1.54) is 11.1 Å². The second-order valence-electron chi connectivity index (χ2n) is 5.83. The van der Waals surface area contributed by atoms with Crippen LogP contribution in [0.1, 0.15) is 23.6 Å². The van der Waals surface area contributed by atoms with E-state index in [1.807, 2.05) is 49.4 Å². The highest BCUT2D eigenvalue weighted by Gasteiger charge is 2.09. The van der Waals surface area contributed by atoms with Crippen LogP contribution in [0.3, 0.4) is 0 Å². The zero-order valence-corrected chi connectivity index (χ0v) is 15.3. The van der Waals surface area contributed by atoms with Gasteiger partial charge in [0.15, 0.2) is 0 Å². The zero-order chi connectivity index (χ0) is 16.8. The van der Waals surface area contributed by atoms with Crippen molar-refractivity contribution in [2.24, 2.45) is 0 Å². The number of benzene rings is 2. The molecular formula is C19H22BrNO2. The van der Waals surface area contributed by atoms with Crippen molar-refractivity contribution in [2.45, 2.75) is 33.2 Å². The van der Waals surface area contributed by atoms with E-state index in [4.69, 9.17) is 4.74 Å². The van der Waals surface area contributed by atoms with E-state index in [1.54, 1.807) is 0 Å². The van der Waals surface area contributed by atoms with Gasteiger partial charge in [-0.1, -0.05) is 34.1 Å². The molecule has 23 heavy (non-hydrogen) atoms. The Hall–Kier alpha value is -1.81. The molecule has 0 aliphatic carbocycles. The topological polar surface area (TPSA) is 38.3 Å². The van der Waals surface area contributed by atoms with Gasteiger partial charge in [-0.2, -0.15) is 0 Å². The van der Waals surface area contributed by atoms with E-state index in [2.05, 4.69) is 35.1 Å². The Morgan fingerprint density at radius 1 is 1.17 bits per heavy atom. The van der Waals surface area contributed by atoms with E-state index in [0.29, 0.717) is 13.0 Å². The number of halogens is 1. The summed E-state index contributed by atoms with van der Waals surface area (Å²) < 4.78 is 6.73. The van der Waals surface area contributed by atoms with Crippen LogP contribution in [0.2, 0.25) is 0 Å². The summed E-state index contributed by atoms with van der Waals surface area (Å²) >= 11 is 3.41. The second-order valence-corrected chi connectivity index (χ2v) is 6.75. The van der Waals surface area contributed by atoms with E-state index >= 15 is 0 Å². The molecule has 1 N–H and O–H groups in total. The van der Waals surface area contributed by atoms with Gasteiger partial charge in [0, 0.05) is 4.47 Å². The van der Waals surface area contributed by atoms with Crippen molar-refractivity contribution >= 4 is 21.8 Å². The number of carbonyl (C=O) groups excluding carboxylic acids is 1. The minimum absolute atomic E-state index is 0.000660. The standard InChI is InChI=1S/C19H22BrNO2/c1-13-7-8-18(9-14(13)2)23-12-15(3)21-19(22)11-16-5-4-6-17(20)10-16/h4-10,15H,11-12H2,1-3H3,(H,21,22)/t15-/m1/s1. The number of aryl methyl sites for hydroxylation is 2. The first-order valence-corrected chi connectivity index (χ1v) is 8.47. The fraction of sp³-hybridized carbons (Fsp3) is 0.316. The summed E-state index contributed by atoms with van der Waals surface area (Å²) in [6.45, 7) is 6.53. The number of nitrogens with one attached hydrogen (secondary N) is 1. The quantitative estimate of drug-likeness (QED) is 0.821. The number of carbonyl (C=O) groups is 1. The molecule has 122 valence electrons. The van der Waals surface area contributed by atoms with Gasteiger partial charge in [0.05, 0.1) is 12.5 Å². The molecule has 1 atom stereocenters. The fourth-order valence-corrected chi connectivity index (χ4v) is 2.67. The molecular weight excluding hydrogens is 354 g/mol. The lowest BCUT2D eigenvalue weighted by Gasteiger charge is -2.16. The molecule has 3 nitrogen and oxygen atoms in total. The third-order valence-corrected chi connectivity index (χ3v) is 4.13. The first kappa shape index (κ1) is 17.5. The van der Waals surface area contributed by atoms with Gasteiger partial charge in [-0.05, 0) is 61.7 Å². The highest BCUT2D eigenvalue weighted by molar-refractivity contribution is 9.10. The summed E-state index contributed by atoms with van der Waals surface area (Å²) in [5, 5.41) is 2.96. The Kier molecular flexibility index (Phi) is 6.22. The van der Waals surface area contributed by atoms with Crippen LogP contribution in [-0.4, -0.2) is 18.6 Å². The van der Waals surface area contributed by atoms with Gasteiger partial charge in [0.1, 0.15) is 12.4 Å². The maximum atomic E-state index is 12.1. The van der Waals surface area contributed by atoms with Gasteiger partial charge < -0.3 is 10.1 Å². The zero-order valence-electron chi connectivity index (χ0n) is 13.7. The Morgan fingerprint density at radius 3 is 2.65 bits per heavy atom. The van der Waals surface area contributed by atoms with Gasteiger partial charge >= 0.3 is 0 Å². The first-order valence-electron chi connectivity index (χ1n) is 7.68. The lowest BCUT2D eigenvalue weighted by Crippen LogP contribution is -2.37. The molecule has 0 spiro atoms. The summed E-state index contributed by atoms with van der Waals surface area (Å²) in [7, 11) is 0.